The second kappa shape index (κ2) is 8.22. The minimum atomic E-state index is -3.55. The normalized spacial score (nSPS) is 11.6. The lowest BCUT2D eigenvalue weighted by Gasteiger charge is -2.12. The quantitative estimate of drug-likeness (QED) is 0.668. The first-order valence-corrected chi connectivity index (χ1v) is 10.9. The topological polar surface area (TPSA) is 79.4 Å². The Labute approximate surface area is 168 Å². The molecule has 0 bridgehead atoms. The van der Waals surface area contributed by atoms with Crippen LogP contribution in [0, 0.1) is 6.92 Å². The minimum Gasteiger partial charge on any atom is -0.326 e. The maximum absolute atomic E-state index is 12.4. The van der Waals surface area contributed by atoms with Crippen LogP contribution in [-0.4, -0.2) is 37.7 Å². The van der Waals surface area contributed by atoms with E-state index in [2.05, 4.69) is 10.3 Å². The van der Waals surface area contributed by atoms with Crippen LogP contribution in [0.15, 0.2) is 58.8 Å². The molecule has 0 aliphatic rings. The molecule has 0 radical (unpaired) electrons. The van der Waals surface area contributed by atoms with Gasteiger partial charge < -0.3 is 5.32 Å². The number of nitrogens with zero attached hydrogens (tertiary/aromatic N) is 2. The van der Waals surface area contributed by atoms with Gasteiger partial charge >= 0.3 is 0 Å². The summed E-state index contributed by atoms with van der Waals surface area (Å²) in [6.07, 6.45) is 0.118. The lowest BCUT2D eigenvalue weighted by atomic mass is 10.2. The number of hydrogen-bond donors (Lipinski definition) is 1. The van der Waals surface area contributed by atoms with Crippen molar-refractivity contribution in [2.45, 2.75) is 18.2 Å². The summed E-state index contributed by atoms with van der Waals surface area (Å²) >= 11 is 1.49. The van der Waals surface area contributed by atoms with Gasteiger partial charge in [-0.05, 0) is 25.1 Å². The molecule has 146 valence electrons. The first-order chi connectivity index (χ1) is 13.3. The van der Waals surface area contributed by atoms with E-state index in [1.165, 1.54) is 43.1 Å². The number of carbonyl (C=O) groups excluding carboxylic acids is 1. The number of carbonyl (C=O) groups is 1. The second-order valence-electron chi connectivity index (χ2n) is 6.55. The van der Waals surface area contributed by atoms with Crippen molar-refractivity contribution in [2.75, 3.05) is 19.4 Å². The van der Waals surface area contributed by atoms with E-state index < -0.39 is 10.0 Å². The molecule has 2 aromatic carbocycles. The Balaban J connectivity index is 1.69. The first kappa shape index (κ1) is 20.2. The highest BCUT2D eigenvalue weighted by Gasteiger charge is 2.18. The Morgan fingerprint density at radius 2 is 1.86 bits per heavy atom. The number of sulfonamides is 1. The number of thiazole rings is 1. The molecule has 0 spiro atoms. The highest BCUT2D eigenvalue weighted by Crippen LogP contribution is 2.24. The molecule has 1 heterocycles. The Morgan fingerprint density at radius 3 is 2.54 bits per heavy atom. The zero-order chi connectivity index (χ0) is 20.3. The summed E-state index contributed by atoms with van der Waals surface area (Å²) in [7, 11) is -0.620. The van der Waals surface area contributed by atoms with E-state index in [0.29, 0.717) is 11.4 Å². The van der Waals surface area contributed by atoms with E-state index in [0.717, 1.165) is 14.9 Å². The molecule has 0 saturated heterocycles. The smallest absolute Gasteiger partial charge is 0.242 e. The van der Waals surface area contributed by atoms with Gasteiger partial charge in [0.15, 0.2) is 0 Å². The summed E-state index contributed by atoms with van der Waals surface area (Å²) in [5.74, 6) is -0.250. The molecule has 0 saturated carbocycles. The predicted octanol–water partition coefficient (Wildman–Crippen LogP) is 3.55. The minimum absolute atomic E-state index is 0.118. The van der Waals surface area contributed by atoms with Crippen LogP contribution < -0.4 is 5.32 Å². The van der Waals surface area contributed by atoms with Gasteiger partial charge in [0.25, 0.3) is 0 Å². The van der Waals surface area contributed by atoms with Crippen molar-refractivity contribution in [1.29, 1.82) is 0 Å². The Morgan fingerprint density at radius 1 is 1.14 bits per heavy atom. The highest BCUT2D eigenvalue weighted by molar-refractivity contribution is 7.89. The van der Waals surface area contributed by atoms with Crippen molar-refractivity contribution in [3.63, 3.8) is 0 Å². The standard InChI is InChI=1S/C20H21N3O3S2/c1-14-7-9-15(10-8-14)20-22-17(13-27-20)12-19(24)21-16-5-4-6-18(11-16)28(25,26)23(2)3/h4-11,13H,12H2,1-3H3,(H,21,24). The summed E-state index contributed by atoms with van der Waals surface area (Å²) in [6, 6.07) is 14.3. The van der Waals surface area contributed by atoms with Crippen LogP contribution in [0.2, 0.25) is 0 Å². The van der Waals surface area contributed by atoms with Crippen molar-refractivity contribution in [1.82, 2.24) is 9.29 Å². The summed E-state index contributed by atoms with van der Waals surface area (Å²) < 4.78 is 25.6. The lowest BCUT2D eigenvalue weighted by molar-refractivity contribution is -0.115. The molecule has 0 atom stereocenters. The van der Waals surface area contributed by atoms with E-state index in [4.69, 9.17) is 0 Å². The number of benzene rings is 2. The van der Waals surface area contributed by atoms with Crippen molar-refractivity contribution in [3.8, 4) is 10.6 Å². The fourth-order valence-electron chi connectivity index (χ4n) is 2.53. The molecule has 3 rings (SSSR count). The maximum Gasteiger partial charge on any atom is 0.242 e. The monoisotopic (exact) mass is 415 g/mol. The average Bonchev–Trinajstić information content (AvgIpc) is 3.10. The molecule has 8 heteroatoms. The van der Waals surface area contributed by atoms with Crippen molar-refractivity contribution in [3.05, 3.63) is 65.2 Å². The SMILES string of the molecule is Cc1ccc(-c2nc(CC(=O)Nc3cccc(S(=O)(=O)N(C)C)c3)cs2)cc1. The van der Waals surface area contributed by atoms with E-state index in [1.54, 1.807) is 12.1 Å². The second-order valence-corrected chi connectivity index (χ2v) is 9.56. The summed E-state index contributed by atoms with van der Waals surface area (Å²) in [5.41, 5.74) is 3.30. The molecule has 1 aromatic heterocycles. The van der Waals surface area contributed by atoms with Gasteiger partial charge in [0.1, 0.15) is 5.01 Å². The van der Waals surface area contributed by atoms with E-state index in [1.807, 2.05) is 36.6 Å². The molecule has 1 amide bonds. The molecule has 0 fully saturated rings. The number of anilines is 1. The zero-order valence-corrected chi connectivity index (χ0v) is 17.5. The fourth-order valence-corrected chi connectivity index (χ4v) is 4.31. The molecule has 28 heavy (non-hydrogen) atoms. The maximum atomic E-state index is 12.4. The van der Waals surface area contributed by atoms with Crippen molar-refractivity contribution < 1.29 is 13.2 Å². The molecule has 0 aliphatic carbocycles. The van der Waals surface area contributed by atoms with Gasteiger partial charge in [-0.15, -0.1) is 11.3 Å². The molecule has 0 unspecified atom stereocenters. The summed E-state index contributed by atoms with van der Waals surface area (Å²) in [4.78, 5) is 17.0. The van der Waals surface area contributed by atoms with Gasteiger partial charge in [0, 0.05) is 30.7 Å². The van der Waals surface area contributed by atoms with Crippen molar-refractivity contribution >= 4 is 33.0 Å². The van der Waals surface area contributed by atoms with Crippen LogP contribution in [0.3, 0.4) is 0 Å². The fraction of sp³-hybridized carbons (Fsp3) is 0.200. The zero-order valence-electron chi connectivity index (χ0n) is 15.8. The van der Waals surface area contributed by atoms with Crippen LogP contribution in [0.1, 0.15) is 11.3 Å². The predicted molar refractivity (Wildman–Crippen MR) is 112 cm³/mol. The molecular weight excluding hydrogens is 394 g/mol. The summed E-state index contributed by atoms with van der Waals surface area (Å²) in [6.45, 7) is 2.03. The third-order valence-electron chi connectivity index (χ3n) is 4.09. The number of hydrogen-bond acceptors (Lipinski definition) is 5. The van der Waals surface area contributed by atoms with E-state index >= 15 is 0 Å². The Bertz CT molecular complexity index is 1090. The van der Waals surface area contributed by atoms with Crippen molar-refractivity contribution in [2.24, 2.45) is 0 Å². The largest absolute Gasteiger partial charge is 0.326 e. The third-order valence-corrected chi connectivity index (χ3v) is 6.84. The van der Waals surface area contributed by atoms with Gasteiger partial charge in [-0.1, -0.05) is 35.9 Å². The third kappa shape index (κ3) is 4.64. The average molecular weight is 416 g/mol. The number of rotatable bonds is 6. The van der Waals surface area contributed by atoms with E-state index in [9.17, 15) is 13.2 Å². The number of amides is 1. The van der Waals surface area contributed by atoms with Crippen LogP contribution in [-0.2, 0) is 21.2 Å². The van der Waals surface area contributed by atoms with Gasteiger partial charge in [0.2, 0.25) is 15.9 Å². The number of aromatic nitrogens is 1. The molecular formula is C20H21N3O3S2. The van der Waals surface area contributed by atoms with Gasteiger partial charge in [-0.2, -0.15) is 0 Å². The Hall–Kier alpha value is -2.55. The lowest BCUT2D eigenvalue weighted by Crippen LogP contribution is -2.22. The highest BCUT2D eigenvalue weighted by atomic mass is 32.2. The molecule has 0 aliphatic heterocycles. The van der Waals surface area contributed by atoms with Crippen LogP contribution in [0.4, 0.5) is 5.69 Å². The van der Waals surface area contributed by atoms with Gasteiger partial charge in [-0.3, -0.25) is 4.79 Å². The Kier molecular flexibility index (Phi) is 5.93. The van der Waals surface area contributed by atoms with Crippen LogP contribution >= 0.6 is 11.3 Å². The van der Waals surface area contributed by atoms with Crippen LogP contribution in [0.5, 0.6) is 0 Å². The van der Waals surface area contributed by atoms with Crippen LogP contribution in [0.25, 0.3) is 10.6 Å². The first-order valence-electron chi connectivity index (χ1n) is 8.59. The summed E-state index contributed by atoms with van der Waals surface area (Å²) in [5, 5.41) is 5.47. The molecule has 6 nitrogen and oxygen atoms in total. The number of nitrogens with one attached hydrogen (secondary N) is 1. The van der Waals surface area contributed by atoms with E-state index in [-0.39, 0.29) is 17.2 Å². The molecule has 3 aromatic rings. The van der Waals surface area contributed by atoms with Gasteiger partial charge in [-0.25, -0.2) is 17.7 Å². The number of aryl methyl sites for hydroxylation is 1. The molecule has 1 N–H and O–H groups in total. The van der Waals surface area contributed by atoms with Gasteiger partial charge in [0.05, 0.1) is 17.0 Å².